The summed E-state index contributed by atoms with van der Waals surface area (Å²) in [5.41, 5.74) is 0. The minimum absolute atomic E-state index is 0.0172. The number of carboxylic acids is 1. The van der Waals surface area contributed by atoms with Crippen molar-refractivity contribution in [1.82, 2.24) is 4.90 Å². The van der Waals surface area contributed by atoms with Gasteiger partial charge in [-0.25, -0.2) is 4.79 Å². The van der Waals surface area contributed by atoms with Crippen LogP contribution in [-0.2, 0) is 9.59 Å². The van der Waals surface area contributed by atoms with Gasteiger partial charge in [-0.15, -0.1) is 11.8 Å². The van der Waals surface area contributed by atoms with E-state index >= 15 is 0 Å². The molecule has 0 bridgehead atoms. The molecule has 0 aromatic rings. The highest BCUT2D eigenvalue weighted by Gasteiger charge is 2.49. The Kier molecular flexibility index (Phi) is 1.98. The molecule has 2 saturated heterocycles. The van der Waals surface area contributed by atoms with Gasteiger partial charge in [-0.05, 0) is 5.92 Å². The molecule has 72 valence electrons. The summed E-state index contributed by atoms with van der Waals surface area (Å²) < 4.78 is 0. The molecule has 2 fully saturated rings. The topological polar surface area (TPSA) is 57.6 Å². The van der Waals surface area contributed by atoms with E-state index in [1.54, 1.807) is 11.8 Å². The van der Waals surface area contributed by atoms with Crippen LogP contribution in [0, 0.1) is 5.92 Å². The van der Waals surface area contributed by atoms with Crippen LogP contribution in [0.25, 0.3) is 0 Å². The lowest BCUT2D eigenvalue weighted by Gasteiger charge is -2.49. The average molecular weight is 201 g/mol. The molecule has 0 aliphatic carbocycles. The molecule has 13 heavy (non-hydrogen) atoms. The van der Waals surface area contributed by atoms with Crippen molar-refractivity contribution in [2.45, 2.75) is 24.8 Å². The third-order valence-corrected chi connectivity index (χ3v) is 4.09. The zero-order valence-electron chi connectivity index (χ0n) is 7.27. The van der Waals surface area contributed by atoms with Crippen molar-refractivity contribution in [3.05, 3.63) is 0 Å². The van der Waals surface area contributed by atoms with Gasteiger partial charge >= 0.3 is 5.97 Å². The number of nitrogens with zero attached hydrogens (tertiary/aromatic N) is 1. The molecule has 0 aromatic heterocycles. The van der Waals surface area contributed by atoms with E-state index in [2.05, 4.69) is 0 Å². The Morgan fingerprint density at radius 2 is 2.38 bits per heavy atom. The molecule has 4 nitrogen and oxygen atoms in total. The summed E-state index contributed by atoms with van der Waals surface area (Å²) in [5.74, 6) is 0.0103. The number of rotatable bonds is 1. The molecule has 1 amide bonds. The quantitative estimate of drug-likeness (QED) is 0.623. The van der Waals surface area contributed by atoms with Crippen molar-refractivity contribution in [1.29, 1.82) is 0 Å². The maximum atomic E-state index is 11.2. The minimum atomic E-state index is -0.870. The van der Waals surface area contributed by atoms with Crippen molar-refractivity contribution in [2.75, 3.05) is 5.75 Å². The number of hydrogen-bond donors (Lipinski definition) is 1. The Morgan fingerprint density at radius 1 is 1.69 bits per heavy atom. The molecule has 2 aliphatic rings. The second kappa shape index (κ2) is 2.90. The van der Waals surface area contributed by atoms with E-state index in [0.29, 0.717) is 6.42 Å². The third-order valence-electron chi connectivity index (χ3n) is 2.59. The molecule has 2 aliphatic heterocycles. The van der Waals surface area contributed by atoms with Gasteiger partial charge in [0.2, 0.25) is 5.91 Å². The Morgan fingerprint density at radius 3 is 2.85 bits per heavy atom. The van der Waals surface area contributed by atoms with Crippen molar-refractivity contribution in [2.24, 2.45) is 5.92 Å². The lowest BCUT2D eigenvalue weighted by atomic mass is 9.98. The van der Waals surface area contributed by atoms with Crippen LogP contribution in [0.5, 0.6) is 0 Å². The van der Waals surface area contributed by atoms with E-state index in [0.717, 1.165) is 5.75 Å². The van der Waals surface area contributed by atoms with Gasteiger partial charge in [-0.3, -0.25) is 4.79 Å². The van der Waals surface area contributed by atoms with E-state index in [1.165, 1.54) is 4.90 Å². The van der Waals surface area contributed by atoms with Gasteiger partial charge in [-0.1, -0.05) is 6.92 Å². The minimum Gasteiger partial charge on any atom is -0.480 e. The highest BCUT2D eigenvalue weighted by atomic mass is 32.2. The van der Waals surface area contributed by atoms with Gasteiger partial charge in [0.05, 0.1) is 11.8 Å². The third kappa shape index (κ3) is 1.22. The van der Waals surface area contributed by atoms with Crippen LogP contribution in [0.2, 0.25) is 0 Å². The number of aliphatic carboxylic acids is 1. The predicted octanol–water partition coefficient (Wildman–Crippen LogP) is 0.381. The summed E-state index contributed by atoms with van der Waals surface area (Å²) in [6.07, 6.45) is 0.515. The second-order valence-corrected chi connectivity index (χ2v) is 4.76. The number of carbonyl (C=O) groups is 2. The summed E-state index contributed by atoms with van der Waals surface area (Å²) in [5, 5.41) is 9.07. The Labute approximate surface area is 80.3 Å². The molecular formula is C8H11NO3S. The molecule has 2 unspecified atom stereocenters. The van der Waals surface area contributed by atoms with Crippen molar-refractivity contribution in [3.8, 4) is 0 Å². The number of β-lactam (4-membered cyclic amide) rings is 1. The number of amides is 1. The van der Waals surface area contributed by atoms with Gasteiger partial charge in [-0.2, -0.15) is 0 Å². The molecule has 1 N–H and O–H groups in total. The fourth-order valence-corrected chi connectivity index (χ4v) is 3.24. The summed E-state index contributed by atoms with van der Waals surface area (Å²) in [6.45, 7) is 1.88. The first-order valence-corrected chi connectivity index (χ1v) is 5.31. The normalized spacial score (nSPS) is 38.1. The molecule has 0 aromatic carbocycles. The molecule has 2 heterocycles. The van der Waals surface area contributed by atoms with Crippen molar-refractivity contribution >= 4 is 23.6 Å². The van der Waals surface area contributed by atoms with Crippen LogP contribution in [-0.4, -0.2) is 39.1 Å². The summed E-state index contributed by atoms with van der Waals surface area (Å²) in [7, 11) is 0. The Bertz CT molecular complexity index is 268. The number of carboxylic acid groups (broad SMARTS) is 1. The van der Waals surface area contributed by atoms with Crippen molar-refractivity contribution < 1.29 is 14.7 Å². The lowest BCUT2D eigenvalue weighted by Crippen LogP contribution is -2.63. The van der Waals surface area contributed by atoms with Crippen LogP contribution in [0.3, 0.4) is 0 Å². The first kappa shape index (κ1) is 8.87. The first-order valence-electron chi connectivity index (χ1n) is 4.27. The average Bonchev–Trinajstić information content (AvgIpc) is 2.05. The SMILES string of the molecule is CC1CS[C@@H]2CC(=O)N2C1C(=O)O. The van der Waals surface area contributed by atoms with E-state index in [1.807, 2.05) is 6.92 Å². The van der Waals surface area contributed by atoms with Gasteiger partial charge in [0.25, 0.3) is 0 Å². The fraction of sp³-hybridized carbons (Fsp3) is 0.750. The summed E-state index contributed by atoms with van der Waals surface area (Å²) in [6, 6.07) is -0.590. The lowest BCUT2D eigenvalue weighted by molar-refractivity contribution is -0.160. The zero-order chi connectivity index (χ0) is 9.59. The predicted molar refractivity (Wildman–Crippen MR) is 48.3 cm³/mol. The van der Waals surface area contributed by atoms with E-state index in [9.17, 15) is 9.59 Å². The Hall–Kier alpha value is -0.710. The van der Waals surface area contributed by atoms with Gasteiger partial charge in [0.15, 0.2) is 0 Å². The molecule has 3 atom stereocenters. The van der Waals surface area contributed by atoms with Crippen LogP contribution in [0.4, 0.5) is 0 Å². The van der Waals surface area contributed by atoms with Crippen LogP contribution in [0.15, 0.2) is 0 Å². The zero-order valence-corrected chi connectivity index (χ0v) is 8.08. The van der Waals surface area contributed by atoms with Crippen molar-refractivity contribution in [3.63, 3.8) is 0 Å². The maximum Gasteiger partial charge on any atom is 0.326 e. The molecule has 0 radical (unpaired) electrons. The standard InChI is InChI=1S/C8H11NO3S/c1-4-3-13-6-2-5(10)9(6)7(4)8(11)12/h4,6-7H,2-3H2,1H3,(H,11,12)/t4?,6-,7?/m1/s1. The van der Waals surface area contributed by atoms with Gasteiger partial charge < -0.3 is 10.0 Å². The monoisotopic (exact) mass is 201 g/mol. The maximum absolute atomic E-state index is 11.2. The van der Waals surface area contributed by atoms with Crippen LogP contribution >= 0.6 is 11.8 Å². The molecular weight excluding hydrogens is 190 g/mol. The summed E-state index contributed by atoms with van der Waals surface area (Å²) in [4.78, 5) is 23.6. The number of fused-ring (bicyclic) bond motifs is 1. The van der Waals surface area contributed by atoms with Gasteiger partial charge in [0.1, 0.15) is 6.04 Å². The first-order chi connectivity index (χ1) is 6.11. The van der Waals surface area contributed by atoms with E-state index in [4.69, 9.17) is 5.11 Å². The van der Waals surface area contributed by atoms with Gasteiger partial charge in [0, 0.05) is 5.75 Å². The molecule has 2 rings (SSSR count). The fourth-order valence-electron chi connectivity index (χ4n) is 1.87. The number of carbonyl (C=O) groups excluding carboxylic acids is 1. The number of hydrogen-bond acceptors (Lipinski definition) is 3. The highest BCUT2D eigenvalue weighted by molar-refractivity contribution is 8.00. The molecule has 5 heteroatoms. The van der Waals surface area contributed by atoms with Crippen LogP contribution in [0.1, 0.15) is 13.3 Å². The molecule has 0 spiro atoms. The number of thioether (sulfide) groups is 1. The molecule has 0 saturated carbocycles. The second-order valence-electron chi connectivity index (χ2n) is 3.55. The Balaban J connectivity index is 2.19. The van der Waals surface area contributed by atoms with E-state index in [-0.39, 0.29) is 17.2 Å². The smallest absolute Gasteiger partial charge is 0.326 e. The van der Waals surface area contributed by atoms with E-state index < -0.39 is 12.0 Å². The van der Waals surface area contributed by atoms with Crippen LogP contribution < -0.4 is 0 Å². The largest absolute Gasteiger partial charge is 0.480 e. The summed E-state index contributed by atoms with van der Waals surface area (Å²) >= 11 is 1.69. The highest BCUT2D eigenvalue weighted by Crippen LogP contribution is 2.39.